The van der Waals surface area contributed by atoms with Crippen LogP contribution in [0.4, 0.5) is 0 Å². The first-order valence-corrected chi connectivity index (χ1v) is 9.06. The molecule has 148 valence electrons. The predicted molar refractivity (Wildman–Crippen MR) is 109 cm³/mol. The molecule has 0 aromatic heterocycles. The summed E-state index contributed by atoms with van der Waals surface area (Å²) in [6.07, 6.45) is 4.07. The fourth-order valence-electron chi connectivity index (χ4n) is 3.73. The smallest absolute Gasteiger partial charge is 0.252 e. The molecule has 3 rings (SSSR count). The zero-order valence-electron chi connectivity index (χ0n) is 15.5. The Kier molecular flexibility index (Phi) is 9.90. The minimum atomic E-state index is -0.668. The van der Waals surface area contributed by atoms with Crippen molar-refractivity contribution in [3.8, 4) is 0 Å². The molecule has 1 aromatic rings. The summed E-state index contributed by atoms with van der Waals surface area (Å²) in [5.74, 6) is 0.0106. The maximum atomic E-state index is 12.6. The van der Waals surface area contributed by atoms with E-state index in [9.17, 15) is 4.79 Å². The Hall–Kier alpha value is -0.850. The van der Waals surface area contributed by atoms with Crippen molar-refractivity contribution in [2.24, 2.45) is 0 Å². The molecule has 1 aromatic carbocycles. The van der Waals surface area contributed by atoms with Crippen LogP contribution in [0, 0.1) is 0 Å². The van der Waals surface area contributed by atoms with Gasteiger partial charge in [0.1, 0.15) is 5.60 Å². The quantitative estimate of drug-likeness (QED) is 0.765. The minimum absolute atomic E-state index is 0. The molecule has 0 radical (unpaired) electrons. The van der Waals surface area contributed by atoms with E-state index in [1.165, 1.54) is 31.5 Å². The lowest BCUT2D eigenvalue weighted by atomic mass is 9.91. The van der Waals surface area contributed by atoms with Crippen LogP contribution in [0.5, 0.6) is 0 Å². The van der Waals surface area contributed by atoms with Gasteiger partial charge >= 0.3 is 0 Å². The van der Waals surface area contributed by atoms with E-state index in [1.54, 1.807) is 7.11 Å². The van der Waals surface area contributed by atoms with Gasteiger partial charge in [0, 0.05) is 20.2 Å². The molecule has 0 aliphatic carbocycles. The molecule has 1 amide bonds. The molecule has 2 heterocycles. The fourth-order valence-corrected chi connectivity index (χ4v) is 3.73. The third-order valence-corrected chi connectivity index (χ3v) is 5.27. The second-order valence-electron chi connectivity index (χ2n) is 6.93. The Balaban J connectivity index is 0.00000169. The van der Waals surface area contributed by atoms with Crippen LogP contribution in [-0.4, -0.2) is 49.7 Å². The van der Waals surface area contributed by atoms with Crippen molar-refractivity contribution in [3.63, 3.8) is 0 Å². The summed E-state index contributed by atoms with van der Waals surface area (Å²) in [7, 11) is 1.64. The predicted octanol–water partition coefficient (Wildman–Crippen LogP) is 2.51. The molecule has 0 unspecified atom stereocenters. The van der Waals surface area contributed by atoms with E-state index in [0.29, 0.717) is 6.54 Å². The number of rotatable bonds is 6. The van der Waals surface area contributed by atoms with Gasteiger partial charge in [0.05, 0.1) is 0 Å². The van der Waals surface area contributed by atoms with Crippen molar-refractivity contribution in [3.05, 3.63) is 35.4 Å². The first-order valence-electron chi connectivity index (χ1n) is 9.06. The summed E-state index contributed by atoms with van der Waals surface area (Å²) in [4.78, 5) is 15.1. The highest BCUT2D eigenvalue weighted by Crippen LogP contribution is 2.23. The van der Waals surface area contributed by atoms with Crippen LogP contribution in [0.3, 0.4) is 0 Å². The number of benzene rings is 1. The third-order valence-electron chi connectivity index (χ3n) is 5.27. The molecule has 0 saturated carbocycles. The van der Waals surface area contributed by atoms with E-state index in [2.05, 4.69) is 39.8 Å². The highest BCUT2D eigenvalue weighted by atomic mass is 35.5. The zero-order chi connectivity index (χ0) is 16.8. The molecule has 5 nitrogen and oxygen atoms in total. The first-order chi connectivity index (χ1) is 11.7. The van der Waals surface area contributed by atoms with E-state index in [1.807, 2.05) is 0 Å². The number of piperidine rings is 1. The highest BCUT2D eigenvalue weighted by Gasteiger charge is 2.39. The van der Waals surface area contributed by atoms with Gasteiger partial charge in [0.25, 0.3) is 5.91 Å². The van der Waals surface area contributed by atoms with Crippen molar-refractivity contribution in [2.45, 2.75) is 44.4 Å². The van der Waals surface area contributed by atoms with E-state index in [-0.39, 0.29) is 30.7 Å². The number of nitrogens with zero attached hydrogens (tertiary/aromatic N) is 1. The lowest BCUT2D eigenvalue weighted by Crippen LogP contribution is -2.53. The summed E-state index contributed by atoms with van der Waals surface area (Å²) in [6, 6.07) is 8.55. The van der Waals surface area contributed by atoms with Crippen LogP contribution in [-0.2, 0) is 22.6 Å². The van der Waals surface area contributed by atoms with Crippen LogP contribution < -0.4 is 10.6 Å². The number of hydrogen-bond donors (Lipinski definition) is 2. The van der Waals surface area contributed by atoms with Crippen LogP contribution in [0.1, 0.15) is 36.8 Å². The number of methoxy groups -OCH3 is 1. The Morgan fingerprint density at radius 3 is 2.50 bits per heavy atom. The number of ether oxygens (including phenoxy) is 1. The summed E-state index contributed by atoms with van der Waals surface area (Å²) in [5, 5.41) is 6.36. The molecule has 2 saturated heterocycles. The Morgan fingerprint density at radius 1 is 1.19 bits per heavy atom. The molecule has 0 bridgehead atoms. The van der Waals surface area contributed by atoms with Crippen molar-refractivity contribution in [2.75, 3.05) is 33.3 Å². The molecule has 26 heavy (non-hydrogen) atoms. The Bertz CT molecular complexity index is 559. The molecule has 2 aliphatic rings. The van der Waals surface area contributed by atoms with Crippen molar-refractivity contribution in [1.82, 2.24) is 15.5 Å². The van der Waals surface area contributed by atoms with Crippen LogP contribution >= 0.6 is 24.8 Å². The maximum absolute atomic E-state index is 12.6. The molecule has 2 aliphatic heterocycles. The summed E-state index contributed by atoms with van der Waals surface area (Å²) >= 11 is 0. The lowest BCUT2D eigenvalue weighted by molar-refractivity contribution is -0.146. The summed E-state index contributed by atoms with van der Waals surface area (Å²) < 4.78 is 5.58. The Morgan fingerprint density at radius 2 is 1.85 bits per heavy atom. The van der Waals surface area contributed by atoms with Crippen LogP contribution in [0.15, 0.2) is 24.3 Å². The van der Waals surface area contributed by atoms with E-state index in [4.69, 9.17) is 4.74 Å². The number of halogens is 2. The van der Waals surface area contributed by atoms with Gasteiger partial charge in [0.15, 0.2) is 0 Å². The van der Waals surface area contributed by atoms with E-state index >= 15 is 0 Å². The van der Waals surface area contributed by atoms with Gasteiger partial charge in [-0.15, -0.1) is 24.8 Å². The molecular formula is C19H31Cl2N3O2. The normalized spacial score (nSPS) is 19.3. The second-order valence-corrected chi connectivity index (χ2v) is 6.93. The van der Waals surface area contributed by atoms with Gasteiger partial charge in [-0.05, 0) is 63.0 Å². The molecule has 0 spiro atoms. The average Bonchev–Trinajstić information content (AvgIpc) is 3.13. The summed E-state index contributed by atoms with van der Waals surface area (Å²) in [5.41, 5.74) is 1.81. The number of carbonyl (C=O) groups is 1. The average molecular weight is 404 g/mol. The number of hydrogen-bond acceptors (Lipinski definition) is 4. The second kappa shape index (κ2) is 11.1. The minimum Gasteiger partial charge on any atom is -0.368 e. The zero-order valence-corrected chi connectivity index (χ0v) is 17.1. The van der Waals surface area contributed by atoms with Crippen LogP contribution in [0.25, 0.3) is 0 Å². The number of amides is 1. The largest absolute Gasteiger partial charge is 0.368 e. The standard InChI is InChI=1S/C19H29N3O2.2ClH/c1-24-19(7-9-20-10-8-19)18(23)21-14-16-5-4-6-17(13-16)15-22-11-2-3-12-22;;/h4-6,13,20H,2-3,7-12,14-15H2,1H3,(H,21,23);2*1H. The topological polar surface area (TPSA) is 53.6 Å². The molecule has 0 atom stereocenters. The Labute approximate surface area is 169 Å². The van der Waals surface area contributed by atoms with E-state index < -0.39 is 5.60 Å². The van der Waals surface area contributed by atoms with Gasteiger partial charge in [0.2, 0.25) is 0 Å². The van der Waals surface area contributed by atoms with Crippen molar-refractivity contribution < 1.29 is 9.53 Å². The summed E-state index contributed by atoms with van der Waals surface area (Å²) in [6.45, 7) is 5.62. The van der Waals surface area contributed by atoms with Gasteiger partial charge < -0.3 is 15.4 Å². The van der Waals surface area contributed by atoms with Gasteiger partial charge in [-0.3, -0.25) is 9.69 Å². The lowest BCUT2D eigenvalue weighted by Gasteiger charge is -2.34. The fraction of sp³-hybridized carbons (Fsp3) is 0.632. The number of carbonyl (C=O) groups excluding carboxylic acids is 1. The van der Waals surface area contributed by atoms with Crippen molar-refractivity contribution in [1.29, 1.82) is 0 Å². The van der Waals surface area contributed by atoms with Gasteiger partial charge in [-0.25, -0.2) is 0 Å². The monoisotopic (exact) mass is 403 g/mol. The van der Waals surface area contributed by atoms with E-state index in [0.717, 1.165) is 38.0 Å². The van der Waals surface area contributed by atoms with Gasteiger partial charge in [-0.1, -0.05) is 24.3 Å². The number of likely N-dealkylation sites (tertiary alicyclic amines) is 1. The van der Waals surface area contributed by atoms with Gasteiger partial charge in [-0.2, -0.15) is 0 Å². The molecular weight excluding hydrogens is 373 g/mol. The molecule has 2 N–H and O–H groups in total. The third kappa shape index (κ3) is 5.83. The highest BCUT2D eigenvalue weighted by molar-refractivity contribution is 5.86. The molecule has 7 heteroatoms. The van der Waals surface area contributed by atoms with Crippen LogP contribution in [0.2, 0.25) is 0 Å². The number of nitrogens with one attached hydrogen (secondary N) is 2. The first kappa shape index (κ1) is 23.2. The van der Waals surface area contributed by atoms with Crippen molar-refractivity contribution >= 4 is 30.7 Å². The SMILES string of the molecule is COC1(C(=O)NCc2cccc(CN3CCCC3)c2)CCNCC1.Cl.Cl. The molecule has 2 fully saturated rings. The maximum Gasteiger partial charge on any atom is 0.252 e.